The van der Waals surface area contributed by atoms with E-state index in [4.69, 9.17) is 11.6 Å². The lowest BCUT2D eigenvalue weighted by Crippen LogP contribution is -2.21. The van der Waals surface area contributed by atoms with Gasteiger partial charge in [-0.2, -0.15) is 0 Å². The monoisotopic (exact) mass is 373 g/mol. The Hall–Kier alpha value is -2.31. The number of aryl methyl sites for hydroxylation is 1. The fourth-order valence-corrected chi connectivity index (χ4v) is 3.28. The van der Waals surface area contributed by atoms with E-state index in [9.17, 15) is 9.59 Å². The molecule has 1 heterocycles. The van der Waals surface area contributed by atoms with Crippen LogP contribution >= 0.6 is 23.4 Å². The summed E-state index contributed by atoms with van der Waals surface area (Å²) in [7, 11) is 1.65. The fraction of sp³-hybridized carbons (Fsp3) is 0.167. The van der Waals surface area contributed by atoms with Crippen molar-refractivity contribution in [2.75, 3.05) is 11.1 Å². The number of hydrogen-bond acceptors (Lipinski definition) is 4. The van der Waals surface area contributed by atoms with Gasteiger partial charge in [-0.15, -0.1) is 0 Å². The molecule has 3 aromatic rings. The second-order valence-corrected chi connectivity index (χ2v) is 6.93. The molecular weight excluding hydrogens is 358 g/mol. The van der Waals surface area contributed by atoms with Crippen LogP contribution in [0.2, 0.25) is 5.02 Å². The summed E-state index contributed by atoms with van der Waals surface area (Å²) in [5.41, 5.74) is 2.09. The van der Waals surface area contributed by atoms with Gasteiger partial charge in [0.05, 0.1) is 16.7 Å². The molecule has 1 amide bonds. The van der Waals surface area contributed by atoms with Crippen LogP contribution in [-0.4, -0.2) is 21.2 Å². The SMILES string of the molecule is Cc1ccc(NC(=O)CSc2nc3ccccc3c(=O)n2C)cc1Cl. The van der Waals surface area contributed by atoms with Crippen LogP contribution in [0.5, 0.6) is 0 Å². The largest absolute Gasteiger partial charge is 0.325 e. The Bertz CT molecular complexity index is 1020. The number of fused-ring (bicyclic) bond motifs is 1. The van der Waals surface area contributed by atoms with Crippen LogP contribution in [0.25, 0.3) is 10.9 Å². The minimum Gasteiger partial charge on any atom is -0.325 e. The minimum absolute atomic E-state index is 0.126. The zero-order valence-electron chi connectivity index (χ0n) is 13.7. The highest BCUT2D eigenvalue weighted by atomic mass is 35.5. The third-order valence-corrected chi connectivity index (χ3v) is 5.17. The third-order valence-electron chi connectivity index (χ3n) is 3.73. The number of para-hydroxylation sites is 1. The van der Waals surface area contributed by atoms with Crippen LogP contribution in [0.15, 0.2) is 52.4 Å². The first kappa shape index (κ1) is 17.5. The Morgan fingerprint density at radius 2 is 2.04 bits per heavy atom. The summed E-state index contributed by atoms with van der Waals surface area (Å²) in [6.07, 6.45) is 0. The maximum Gasteiger partial charge on any atom is 0.261 e. The van der Waals surface area contributed by atoms with Gasteiger partial charge in [-0.3, -0.25) is 14.2 Å². The minimum atomic E-state index is -0.188. The lowest BCUT2D eigenvalue weighted by Gasteiger charge is -2.09. The van der Waals surface area contributed by atoms with Gasteiger partial charge in [-0.25, -0.2) is 4.98 Å². The number of carbonyl (C=O) groups is 1. The number of anilines is 1. The highest BCUT2D eigenvalue weighted by molar-refractivity contribution is 7.99. The van der Waals surface area contributed by atoms with Crippen LogP contribution in [-0.2, 0) is 11.8 Å². The molecule has 0 unspecified atom stereocenters. The molecule has 5 nitrogen and oxygen atoms in total. The van der Waals surface area contributed by atoms with Gasteiger partial charge in [0.2, 0.25) is 5.91 Å². The van der Waals surface area contributed by atoms with Crippen LogP contribution in [0.3, 0.4) is 0 Å². The molecule has 0 atom stereocenters. The van der Waals surface area contributed by atoms with Gasteiger partial charge in [0, 0.05) is 17.8 Å². The number of aromatic nitrogens is 2. The molecule has 0 bridgehead atoms. The first-order chi connectivity index (χ1) is 12.0. The van der Waals surface area contributed by atoms with Crippen LogP contribution in [0, 0.1) is 6.92 Å². The molecule has 25 heavy (non-hydrogen) atoms. The summed E-state index contributed by atoms with van der Waals surface area (Å²) in [4.78, 5) is 29.0. The van der Waals surface area contributed by atoms with Crippen LogP contribution < -0.4 is 10.9 Å². The average Bonchev–Trinajstić information content (AvgIpc) is 2.60. The van der Waals surface area contributed by atoms with Gasteiger partial charge in [-0.05, 0) is 36.8 Å². The van der Waals surface area contributed by atoms with E-state index in [1.165, 1.54) is 16.3 Å². The number of rotatable bonds is 4. The van der Waals surface area contributed by atoms with Crippen LogP contribution in [0.1, 0.15) is 5.56 Å². The van der Waals surface area contributed by atoms with Crippen molar-refractivity contribution in [2.24, 2.45) is 7.05 Å². The van der Waals surface area contributed by atoms with Crippen molar-refractivity contribution in [1.29, 1.82) is 0 Å². The van der Waals surface area contributed by atoms with Crippen molar-refractivity contribution >= 4 is 45.9 Å². The number of amides is 1. The van der Waals surface area contributed by atoms with Gasteiger partial charge in [0.1, 0.15) is 0 Å². The third kappa shape index (κ3) is 3.86. The molecule has 0 aliphatic carbocycles. The molecule has 0 saturated heterocycles. The van der Waals surface area contributed by atoms with Crippen molar-refractivity contribution in [3.8, 4) is 0 Å². The maximum absolute atomic E-state index is 12.3. The molecule has 0 radical (unpaired) electrons. The summed E-state index contributed by atoms with van der Waals surface area (Å²) in [6.45, 7) is 1.90. The number of thioether (sulfide) groups is 1. The van der Waals surface area contributed by atoms with E-state index in [1.807, 2.05) is 19.1 Å². The standard InChI is InChI=1S/C18H16ClN3O2S/c1-11-7-8-12(9-14(11)19)20-16(23)10-25-18-21-15-6-4-3-5-13(15)17(24)22(18)2/h3-9H,10H2,1-2H3,(H,20,23). The van der Waals surface area contributed by atoms with Crippen molar-refractivity contribution in [3.05, 3.63) is 63.4 Å². The molecule has 3 rings (SSSR count). The molecule has 0 saturated carbocycles. The molecule has 0 aliphatic heterocycles. The van der Waals surface area contributed by atoms with Crippen molar-refractivity contribution in [3.63, 3.8) is 0 Å². The van der Waals surface area contributed by atoms with E-state index >= 15 is 0 Å². The maximum atomic E-state index is 12.3. The summed E-state index contributed by atoms with van der Waals surface area (Å²) < 4.78 is 1.46. The smallest absolute Gasteiger partial charge is 0.261 e. The van der Waals surface area contributed by atoms with Gasteiger partial charge in [-0.1, -0.05) is 41.6 Å². The molecule has 1 aromatic heterocycles. The summed E-state index contributed by atoms with van der Waals surface area (Å²) >= 11 is 7.28. The average molecular weight is 374 g/mol. The highest BCUT2D eigenvalue weighted by Crippen LogP contribution is 2.21. The van der Waals surface area contributed by atoms with Crippen molar-refractivity contribution < 1.29 is 4.79 Å². The van der Waals surface area contributed by atoms with Gasteiger partial charge < -0.3 is 5.32 Å². The number of hydrogen-bond donors (Lipinski definition) is 1. The summed E-state index contributed by atoms with van der Waals surface area (Å²) in [5.74, 6) is -0.0447. The highest BCUT2D eigenvalue weighted by Gasteiger charge is 2.11. The predicted molar refractivity (Wildman–Crippen MR) is 103 cm³/mol. The molecule has 1 N–H and O–H groups in total. The predicted octanol–water partition coefficient (Wildman–Crippen LogP) is 3.63. The Labute approximate surface area is 154 Å². The number of carbonyl (C=O) groups excluding carboxylic acids is 1. The van der Waals surface area contributed by atoms with Gasteiger partial charge in [0.25, 0.3) is 5.56 Å². The lowest BCUT2D eigenvalue weighted by atomic mass is 10.2. The van der Waals surface area contributed by atoms with Gasteiger partial charge >= 0.3 is 0 Å². The molecule has 0 fully saturated rings. The summed E-state index contributed by atoms with van der Waals surface area (Å²) in [5, 5.41) is 4.46. The van der Waals surface area contributed by atoms with E-state index in [0.29, 0.717) is 26.8 Å². The summed E-state index contributed by atoms with van der Waals surface area (Å²) in [6, 6.07) is 12.5. The Morgan fingerprint density at radius 3 is 2.80 bits per heavy atom. The Balaban J connectivity index is 1.73. The Kier molecular flexibility index (Phi) is 5.11. The van der Waals surface area contributed by atoms with Crippen molar-refractivity contribution in [2.45, 2.75) is 12.1 Å². The molecule has 128 valence electrons. The molecule has 2 aromatic carbocycles. The molecule has 7 heteroatoms. The van der Waals surface area contributed by atoms with Crippen LogP contribution in [0.4, 0.5) is 5.69 Å². The molecular formula is C18H16ClN3O2S. The first-order valence-corrected chi connectivity index (χ1v) is 8.96. The van der Waals surface area contributed by atoms with E-state index in [-0.39, 0.29) is 17.2 Å². The zero-order valence-corrected chi connectivity index (χ0v) is 15.3. The van der Waals surface area contributed by atoms with Crippen molar-refractivity contribution in [1.82, 2.24) is 9.55 Å². The van der Waals surface area contributed by atoms with E-state index in [1.54, 1.807) is 37.4 Å². The van der Waals surface area contributed by atoms with E-state index in [2.05, 4.69) is 10.3 Å². The zero-order chi connectivity index (χ0) is 18.0. The fourth-order valence-electron chi connectivity index (χ4n) is 2.32. The van der Waals surface area contributed by atoms with E-state index < -0.39 is 0 Å². The van der Waals surface area contributed by atoms with E-state index in [0.717, 1.165) is 5.56 Å². The quantitative estimate of drug-likeness (QED) is 0.560. The number of nitrogens with one attached hydrogen (secondary N) is 1. The molecule has 0 aliphatic rings. The Morgan fingerprint density at radius 1 is 1.28 bits per heavy atom. The lowest BCUT2D eigenvalue weighted by molar-refractivity contribution is -0.113. The molecule has 0 spiro atoms. The normalized spacial score (nSPS) is 10.8. The van der Waals surface area contributed by atoms with Gasteiger partial charge in [0.15, 0.2) is 5.16 Å². The number of benzene rings is 2. The first-order valence-electron chi connectivity index (χ1n) is 7.60. The topological polar surface area (TPSA) is 64.0 Å². The second-order valence-electron chi connectivity index (χ2n) is 5.58. The second kappa shape index (κ2) is 7.29. The number of halogens is 1. The number of nitrogens with zero attached hydrogens (tertiary/aromatic N) is 2.